The van der Waals surface area contributed by atoms with Crippen LogP contribution in [0.1, 0.15) is 23.2 Å². The zero-order chi connectivity index (χ0) is 14.5. The number of anilines is 1. The lowest BCUT2D eigenvalue weighted by Gasteiger charge is -2.32. The molecule has 110 valence electrons. The number of aromatic nitrogens is 1. The summed E-state index contributed by atoms with van der Waals surface area (Å²) in [6.45, 7) is 2.77. The molecule has 1 fully saturated rings. The lowest BCUT2D eigenvalue weighted by Crippen LogP contribution is -2.41. The van der Waals surface area contributed by atoms with Crippen LogP contribution in [0.3, 0.4) is 0 Å². The number of amides is 1. The molecular formula is C16H19N3OS. The number of nitrogens with zero attached hydrogens (tertiary/aromatic N) is 2. The van der Waals surface area contributed by atoms with Gasteiger partial charge < -0.3 is 10.2 Å². The maximum Gasteiger partial charge on any atom is 0.251 e. The summed E-state index contributed by atoms with van der Waals surface area (Å²) in [6.07, 6.45) is 4.17. The SMILES string of the molecule is O=C(NCC1CCCN(c2nccs2)C1)c1ccccc1. The van der Waals surface area contributed by atoms with E-state index >= 15 is 0 Å². The normalized spacial score (nSPS) is 18.5. The molecule has 1 aliphatic rings. The number of rotatable bonds is 4. The lowest BCUT2D eigenvalue weighted by atomic mass is 9.98. The van der Waals surface area contributed by atoms with Crippen LogP contribution in [0.4, 0.5) is 5.13 Å². The minimum absolute atomic E-state index is 0.0157. The second kappa shape index (κ2) is 6.72. The highest BCUT2D eigenvalue weighted by Crippen LogP contribution is 2.24. The van der Waals surface area contributed by atoms with E-state index in [9.17, 15) is 4.79 Å². The van der Waals surface area contributed by atoms with Crippen molar-refractivity contribution in [1.29, 1.82) is 0 Å². The predicted octanol–water partition coefficient (Wildman–Crippen LogP) is 2.79. The quantitative estimate of drug-likeness (QED) is 0.944. The van der Waals surface area contributed by atoms with E-state index in [1.807, 2.05) is 41.9 Å². The molecule has 5 heteroatoms. The summed E-state index contributed by atoms with van der Waals surface area (Å²) in [7, 11) is 0. The van der Waals surface area contributed by atoms with E-state index in [0.29, 0.717) is 5.92 Å². The third-order valence-corrected chi connectivity index (χ3v) is 4.63. The first-order valence-corrected chi connectivity index (χ1v) is 8.18. The van der Waals surface area contributed by atoms with Gasteiger partial charge in [0, 0.05) is 36.8 Å². The van der Waals surface area contributed by atoms with Crippen LogP contribution in [0.5, 0.6) is 0 Å². The van der Waals surface area contributed by atoms with Crippen molar-refractivity contribution in [3.8, 4) is 0 Å². The molecular weight excluding hydrogens is 282 g/mol. The third-order valence-electron chi connectivity index (χ3n) is 3.80. The van der Waals surface area contributed by atoms with E-state index in [2.05, 4.69) is 15.2 Å². The Bertz CT molecular complexity index is 570. The van der Waals surface area contributed by atoms with Gasteiger partial charge in [0.1, 0.15) is 0 Å². The molecule has 1 atom stereocenters. The first kappa shape index (κ1) is 14.1. The first-order valence-electron chi connectivity index (χ1n) is 7.30. The average molecular weight is 301 g/mol. The topological polar surface area (TPSA) is 45.2 Å². The van der Waals surface area contributed by atoms with Crippen LogP contribution < -0.4 is 10.2 Å². The van der Waals surface area contributed by atoms with Gasteiger partial charge >= 0.3 is 0 Å². The molecule has 0 aliphatic carbocycles. The van der Waals surface area contributed by atoms with Gasteiger partial charge in [-0.05, 0) is 30.9 Å². The molecule has 1 aromatic heterocycles. The molecule has 21 heavy (non-hydrogen) atoms. The number of benzene rings is 1. The molecule has 1 unspecified atom stereocenters. The molecule has 2 aromatic rings. The average Bonchev–Trinajstić information content (AvgIpc) is 3.08. The number of thiazole rings is 1. The minimum atomic E-state index is 0.0157. The Balaban J connectivity index is 1.52. The Morgan fingerprint density at radius 3 is 3.00 bits per heavy atom. The summed E-state index contributed by atoms with van der Waals surface area (Å²) in [5, 5.41) is 6.15. The van der Waals surface area contributed by atoms with Gasteiger partial charge in [-0.2, -0.15) is 0 Å². The highest BCUT2D eigenvalue weighted by molar-refractivity contribution is 7.13. The highest BCUT2D eigenvalue weighted by Gasteiger charge is 2.22. The summed E-state index contributed by atoms with van der Waals surface area (Å²) in [4.78, 5) is 18.8. The van der Waals surface area contributed by atoms with Crippen LogP contribution in [-0.4, -0.2) is 30.5 Å². The molecule has 4 nitrogen and oxygen atoms in total. The van der Waals surface area contributed by atoms with Crippen molar-refractivity contribution in [2.45, 2.75) is 12.8 Å². The summed E-state index contributed by atoms with van der Waals surface area (Å²) in [5.41, 5.74) is 0.727. The van der Waals surface area contributed by atoms with E-state index in [-0.39, 0.29) is 5.91 Å². The second-order valence-corrected chi connectivity index (χ2v) is 6.22. The van der Waals surface area contributed by atoms with Gasteiger partial charge in [-0.3, -0.25) is 4.79 Å². The maximum absolute atomic E-state index is 12.1. The number of carbonyl (C=O) groups excluding carboxylic acids is 1. The van der Waals surface area contributed by atoms with Crippen LogP contribution in [0, 0.1) is 5.92 Å². The third kappa shape index (κ3) is 3.61. The van der Waals surface area contributed by atoms with Crippen LogP contribution in [-0.2, 0) is 0 Å². The Labute approximate surface area is 128 Å². The van der Waals surface area contributed by atoms with Crippen molar-refractivity contribution in [1.82, 2.24) is 10.3 Å². The molecule has 1 N–H and O–H groups in total. The van der Waals surface area contributed by atoms with E-state index in [1.165, 1.54) is 0 Å². The van der Waals surface area contributed by atoms with Gasteiger partial charge in [0.05, 0.1) is 0 Å². The Morgan fingerprint density at radius 1 is 1.38 bits per heavy atom. The van der Waals surface area contributed by atoms with Gasteiger partial charge in [0.15, 0.2) is 5.13 Å². The Hall–Kier alpha value is -1.88. The van der Waals surface area contributed by atoms with Crippen molar-refractivity contribution < 1.29 is 4.79 Å². The molecule has 2 heterocycles. The van der Waals surface area contributed by atoms with Gasteiger partial charge in [-0.25, -0.2) is 4.98 Å². The molecule has 1 amide bonds. The fourth-order valence-corrected chi connectivity index (χ4v) is 3.39. The molecule has 0 saturated carbocycles. The number of hydrogen-bond acceptors (Lipinski definition) is 4. The van der Waals surface area contributed by atoms with Crippen LogP contribution in [0.2, 0.25) is 0 Å². The fourth-order valence-electron chi connectivity index (χ4n) is 2.71. The smallest absolute Gasteiger partial charge is 0.251 e. The molecule has 1 saturated heterocycles. The van der Waals surface area contributed by atoms with Crippen LogP contribution in [0.15, 0.2) is 41.9 Å². The van der Waals surface area contributed by atoms with E-state index in [4.69, 9.17) is 0 Å². The molecule has 1 aliphatic heterocycles. The number of carbonyl (C=O) groups is 1. The summed E-state index contributed by atoms with van der Waals surface area (Å²) < 4.78 is 0. The van der Waals surface area contributed by atoms with Gasteiger partial charge in [0.2, 0.25) is 0 Å². The Kier molecular flexibility index (Phi) is 4.50. The van der Waals surface area contributed by atoms with Crippen LogP contribution in [0.25, 0.3) is 0 Å². The van der Waals surface area contributed by atoms with Crippen molar-refractivity contribution in [3.05, 3.63) is 47.5 Å². The first-order chi connectivity index (χ1) is 10.3. The number of piperidine rings is 1. The van der Waals surface area contributed by atoms with Gasteiger partial charge in [-0.1, -0.05) is 18.2 Å². The summed E-state index contributed by atoms with van der Waals surface area (Å²) in [6, 6.07) is 9.39. The molecule has 0 radical (unpaired) electrons. The molecule has 3 rings (SSSR count). The van der Waals surface area contributed by atoms with E-state index < -0.39 is 0 Å². The van der Waals surface area contributed by atoms with Crippen molar-refractivity contribution in [2.75, 3.05) is 24.5 Å². The predicted molar refractivity (Wildman–Crippen MR) is 85.8 cm³/mol. The van der Waals surface area contributed by atoms with Crippen molar-refractivity contribution >= 4 is 22.4 Å². The Morgan fingerprint density at radius 2 is 2.24 bits per heavy atom. The minimum Gasteiger partial charge on any atom is -0.352 e. The van der Waals surface area contributed by atoms with Crippen molar-refractivity contribution in [2.24, 2.45) is 5.92 Å². The lowest BCUT2D eigenvalue weighted by molar-refractivity contribution is 0.0945. The largest absolute Gasteiger partial charge is 0.352 e. The van der Waals surface area contributed by atoms with Gasteiger partial charge in [0.25, 0.3) is 5.91 Å². The van der Waals surface area contributed by atoms with Gasteiger partial charge in [-0.15, -0.1) is 11.3 Å². The molecule has 0 bridgehead atoms. The van der Waals surface area contributed by atoms with Crippen molar-refractivity contribution in [3.63, 3.8) is 0 Å². The highest BCUT2D eigenvalue weighted by atomic mass is 32.1. The summed E-state index contributed by atoms with van der Waals surface area (Å²) in [5.74, 6) is 0.511. The second-order valence-electron chi connectivity index (χ2n) is 5.34. The maximum atomic E-state index is 12.1. The standard InChI is InChI=1S/C16H19N3OS/c20-15(14-6-2-1-3-7-14)18-11-13-5-4-9-19(12-13)16-17-8-10-21-16/h1-3,6-8,10,13H,4-5,9,11-12H2,(H,18,20). The fraction of sp³-hybridized carbons (Fsp3) is 0.375. The van der Waals surface area contributed by atoms with Crippen LogP contribution >= 0.6 is 11.3 Å². The van der Waals surface area contributed by atoms with E-state index in [1.54, 1.807) is 11.3 Å². The number of hydrogen-bond donors (Lipinski definition) is 1. The zero-order valence-corrected chi connectivity index (χ0v) is 12.7. The summed E-state index contributed by atoms with van der Waals surface area (Å²) >= 11 is 1.68. The number of nitrogens with one attached hydrogen (secondary N) is 1. The zero-order valence-electron chi connectivity index (χ0n) is 11.9. The monoisotopic (exact) mass is 301 g/mol. The molecule has 1 aromatic carbocycles. The molecule has 0 spiro atoms. The van der Waals surface area contributed by atoms with E-state index in [0.717, 1.165) is 43.2 Å².